The van der Waals surface area contributed by atoms with E-state index in [1.807, 2.05) is 78.9 Å². The van der Waals surface area contributed by atoms with Gasteiger partial charge in [-0.3, -0.25) is 0 Å². The quantitative estimate of drug-likeness (QED) is 0.193. The molecule has 1 aliphatic carbocycles. The van der Waals surface area contributed by atoms with Gasteiger partial charge in [-0.1, -0.05) is 91.0 Å². The predicted octanol–water partition coefficient (Wildman–Crippen LogP) is 10.6. The van der Waals surface area contributed by atoms with Gasteiger partial charge in [0.2, 0.25) is 0 Å². The summed E-state index contributed by atoms with van der Waals surface area (Å²) in [4.78, 5) is 0. The van der Waals surface area contributed by atoms with Crippen LogP contribution in [0.5, 0.6) is 0 Å². The number of rotatable bonds is 4. The van der Waals surface area contributed by atoms with Crippen LogP contribution in [0, 0.1) is 34.0 Å². The molecule has 0 unspecified atom stereocenters. The van der Waals surface area contributed by atoms with Crippen molar-refractivity contribution in [2.45, 2.75) is 12.8 Å². The molecule has 0 N–H and O–H groups in total. The third kappa shape index (κ3) is 4.30. The highest BCUT2D eigenvalue weighted by atomic mass is 15.0. The Hall–Kier alpha value is -7.13. The van der Waals surface area contributed by atoms with Crippen molar-refractivity contribution in [3.63, 3.8) is 0 Å². The van der Waals surface area contributed by atoms with Gasteiger partial charge in [0.1, 0.15) is 12.1 Å². The van der Waals surface area contributed by atoms with Gasteiger partial charge in [0, 0.05) is 27.4 Å². The number of allylic oxidation sites excluding steroid dienone is 1. The van der Waals surface area contributed by atoms with Crippen LogP contribution in [-0.2, 0) is 6.42 Å². The molecule has 0 saturated carbocycles. The number of benzene rings is 6. The lowest BCUT2D eigenvalue weighted by atomic mass is 9.91. The van der Waals surface area contributed by atoms with Crippen molar-refractivity contribution in [1.82, 2.24) is 9.13 Å². The van der Waals surface area contributed by atoms with Gasteiger partial charge < -0.3 is 9.13 Å². The van der Waals surface area contributed by atoms with Crippen LogP contribution in [0.15, 0.2) is 133 Å². The maximum atomic E-state index is 11.3. The van der Waals surface area contributed by atoms with Gasteiger partial charge in [0.15, 0.2) is 0 Å². The molecule has 5 heteroatoms. The molecule has 0 bridgehead atoms. The fourth-order valence-electron chi connectivity index (χ4n) is 7.75. The summed E-state index contributed by atoms with van der Waals surface area (Å²) in [5.74, 6) is 0. The van der Waals surface area contributed by atoms with Crippen molar-refractivity contribution in [2.24, 2.45) is 0 Å². The summed E-state index contributed by atoms with van der Waals surface area (Å²) in [5, 5.41) is 35.1. The van der Waals surface area contributed by atoms with Gasteiger partial charge in [-0.2, -0.15) is 15.8 Å². The van der Waals surface area contributed by atoms with Crippen LogP contribution in [0.4, 0.5) is 0 Å². The third-order valence-electron chi connectivity index (χ3n) is 9.91. The zero-order valence-corrected chi connectivity index (χ0v) is 26.9. The lowest BCUT2D eigenvalue weighted by molar-refractivity contribution is 0.966. The van der Waals surface area contributed by atoms with E-state index in [1.54, 1.807) is 0 Å². The van der Waals surface area contributed by atoms with Crippen molar-refractivity contribution in [1.29, 1.82) is 15.8 Å². The fourth-order valence-corrected chi connectivity index (χ4v) is 7.75. The lowest BCUT2D eigenvalue weighted by Gasteiger charge is -2.22. The molecular formula is C45H27N5. The molecule has 0 radical (unpaired) electrons. The Balaban J connectivity index is 1.44. The Morgan fingerprint density at radius 1 is 0.540 bits per heavy atom. The summed E-state index contributed by atoms with van der Waals surface area (Å²) < 4.78 is 4.32. The second-order valence-electron chi connectivity index (χ2n) is 12.6. The van der Waals surface area contributed by atoms with Crippen LogP contribution < -0.4 is 0 Å². The molecule has 232 valence electrons. The Kier molecular flexibility index (Phi) is 6.70. The number of para-hydroxylation sites is 3. The van der Waals surface area contributed by atoms with Crippen LogP contribution in [0.3, 0.4) is 0 Å². The number of hydrogen-bond acceptors (Lipinski definition) is 3. The molecule has 0 fully saturated rings. The Bertz CT molecular complexity index is 2790. The van der Waals surface area contributed by atoms with Crippen molar-refractivity contribution >= 4 is 38.8 Å². The normalized spacial score (nSPS) is 12.1. The van der Waals surface area contributed by atoms with E-state index in [0.29, 0.717) is 33.6 Å². The first-order valence-corrected chi connectivity index (χ1v) is 16.6. The van der Waals surface area contributed by atoms with Gasteiger partial charge in [-0.05, 0) is 83.6 Å². The number of aryl methyl sites for hydroxylation is 1. The minimum absolute atomic E-state index is 0.474. The largest absolute Gasteiger partial charge is 0.308 e. The molecule has 1 aliphatic rings. The number of fused-ring (bicyclic) bond motifs is 6. The van der Waals surface area contributed by atoms with Crippen molar-refractivity contribution in [2.75, 3.05) is 0 Å². The summed E-state index contributed by atoms with van der Waals surface area (Å²) in [6.45, 7) is 0. The highest BCUT2D eigenvalue weighted by Gasteiger charge is 2.28. The maximum absolute atomic E-state index is 11.3. The molecule has 0 aliphatic heterocycles. The molecule has 5 nitrogen and oxygen atoms in total. The van der Waals surface area contributed by atoms with E-state index in [4.69, 9.17) is 0 Å². The highest BCUT2D eigenvalue weighted by molar-refractivity contribution is 6.10. The average molecular weight is 638 g/mol. The van der Waals surface area contributed by atoms with Gasteiger partial charge >= 0.3 is 0 Å². The second kappa shape index (κ2) is 11.5. The van der Waals surface area contributed by atoms with Crippen LogP contribution in [0.25, 0.3) is 72.4 Å². The number of hydrogen-bond donors (Lipinski definition) is 0. The van der Waals surface area contributed by atoms with Gasteiger partial charge in [0.05, 0.1) is 50.7 Å². The first-order valence-electron chi connectivity index (χ1n) is 16.6. The summed E-state index contributed by atoms with van der Waals surface area (Å²) in [6, 6.07) is 49.8. The van der Waals surface area contributed by atoms with Crippen LogP contribution in [-0.4, -0.2) is 9.13 Å². The monoisotopic (exact) mass is 637 g/mol. The first kappa shape index (κ1) is 29.0. The molecule has 50 heavy (non-hydrogen) atoms. The SMILES string of the molecule is N#Cc1ccc(-c2cccc(-c3c(C#N)c(-n4c5ccccc5c5ccccc54)cc(C#N)c3-n3c4c(c5ccccc53)CCC=C4)c2)cc1. The molecule has 9 rings (SSSR count). The van der Waals surface area contributed by atoms with E-state index in [1.165, 1.54) is 5.56 Å². The molecule has 0 atom stereocenters. The average Bonchev–Trinajstić information content (AvgIpc) is 3.70. The third-order valence-corrected chi connectivity index (χ3v) is 9.91. The van der Waals surface area contributed by atoms with Crippen LogP contribution >= 0.6 is 0 Å². The Morgan fingerprint density at radius 3 is 1.84 bits per heavy atom. The van der Waals surface area contributed by atoms with Crippen LogP contribution in [0.2, 0.25) is 0 Å². The van der Waals surface area contributed by atoms with Gasteiger partial charge in [-0.15, -0.1) is 0 Å². The molecule has 0 spiro atoms. The summed E-state index contributed by atoms with van der Waals surface area (Å²) in [6.07, 6.45) is 6.19. The Labute approximate surface area is 289 Å². The minimum atomic E-state index is 0.474. The molecule has 6 aromatic carbocycles. The predicted molar refractivity (Wildman–Crippen MR) is 200 cm³/mol. The van der Waals surface area contributed by atoms with E-state index in [-0.39, 0.29) is 0 Å². The maximum Gasteiger partial charge on any atom is 0.102 e. The minimum Gasteiger partial charge on any atom is -0.308 e. The molecule has 0 amide bonds. The number of aromatic nitrogens is 2. The Morgan fingerprint density at radius 2 is 1.18 bits per heavy atom. The topological polar surface area (TPSA) is 81.2 Å². The molecule has 2 heterocycles. The number of nitriles is 3. The molecule has 8 aromatic rings. The van der Waals surface area contributed by atoms with E-state index in [0.717, 1.165) is 67.9 Å². The van der Waals surface area contributed by atoms with E-state index in [9.17, 15) is 15.8 Å². The fraction of sp³-hybridized carbons (Fsp3) is 0.0444. The molecular weight excluding hydrogens is 611 g/mol. The molecule has 2 aromatic heterocycles. The van der Waals surface area contributed by atoms with E-state index in [2.05, 4.69) is 88.0 Å². The van der Waals surface area contributed by atoms with Crippen molar-refractivity contribution in [3.8, 4) is 51.8 Å². The van der Waals surface area contributed by atoms with E-state index < -0.39 is 0 Å². The van der Waals surface area contributed by atoms with Crippen molar-refractivity contribution in [3.05, 3.63) is 161 Å². The zero-order valence-electron chi connectivity index (χ0n) is 26.9. The summed E-state index contributed by atoms with van der Waals surface area (Å²) in [5.41, 5.74) is 11.5. The highest BCUT2D eigenvalue weighted by Crippen LogP contribution is 2.44. The smallest absolute Gasteiger partial charge is 0.102 e. The van der Waals surface area contributed by atoms with Crippen LogP contribution in [0.1, 0.15) is 34.4 Å². The first-order chi connectivity index (χ1) is 24.7. The lowest BCUT2D eigenvalue weighted by Crippen LogP contribution is -2.09. The van der Waals surface area contributed by atoms with E-state index >= 15 is 0 Å². The van der Waals surface area contributed by atoms with Crippen molar-refractivity contribution < 1.29 is 0 Å². The number of nitrogens with zero attached hydrogens (tertiary/aromatic N) is 5. The molecule has 0 saturated heterocycles. The zero-order chi connectivity index (χ0) is 33.8. The van der Waals surface area contributed by atoms with Gasteiger partial charge in [0.25, 0.3) is 0 Å². The van der Waals surface area contributed by atoms with Gasteiger partial charge in [-0.25, -0.2) is 0 Å². The summed E-state index contributed by atoms with van der Waals surface area (Å²) >= 11 is 0. The second-order valence-corrected chi connectivity index (χ2v) is 12.6. The summed E-state index contributed by atoms with van der Waals surface area (Å²) in [7, 11) is 0. The standard InChI is InChI=1S/C45H27N5/c46-26-29-20-22-30(23-21-29)31-10-9-11-32(24-31)44-38(28-48)43(49-39-16-5-1-12-34(39)35-13-2-6-17-40(35)49)25-33(27-47)45(44)50-41-18-7-3-14-36(41)37-15-4-8-19-42(37)50/h1-3,5-14,16-25H,4,15H2.